The van der Waals surface area contributed by atoms with Crippen molar-refractivity contribution in [3.05, 3.63) is 93.2 Å². The molecule has 0 bridgehead atoms. The minimum absolute atomic E-state index is 0.173. The summed E-state index contributed by atoms with van der Waals surface area (Å²) in [4.78, 5) is 46.6. The van der Waals surface area contributed by atoms with E-state index in [1.165, 1.54) is 6.42 Å². The van der Waals surface area contributed by atoms with Crippen molar-refractivity contribution in [3.8, 4) is 5.75 Å². The van der Waals surface area contributed by atoms with E-state index in [0.717, 1.165) is 42.8 Å². The van der Waals surface area contributed by atoms with Crippen LogP contribution in [0.2, 0.25) is 10.0 Å². The molecule has 6 rings (SSSR count). The average Bonchev–Trinajstić information content (AvgIpc) is 3.36. The summed E-state index contributed by atoms with van der Waals surface area (Å²) in [6.45, 7) is 17.1. The van der Waals surface area contributed by atoms with Crippen LogP contribution in [0.1, 0.15) is 83.2 Å². The van der Waals surface area contributed by atoms with Gasteiger partial charge >= 0.3 is 6.03 Å². The summed E-state index contributed by atoms with van der Waals surface area (Å²) in [7, 11) is 0. The second-order valence-corrected chi connectivity index (χ2v) is 16.0. The summed E-state index contributed by atoms with van der Waals surface area (Å²) >= 11 is 12.8. The van der Waals surface area contributed by atoms with Gasteiger partial charge in [0.25, 0.3) is 0 Å². The zero-order valence-corrected chi connectivity index (χ0v) is 32.2. The monoisotopic (exact) mass is 732 g/mol. The number of hydrogen-bond acceptors (Lipinski definition) is 6. The third-order valence-corrected chi connectivity index (χ3v) is 11.3. The summed E-state index contributed by atoms with van der Waals surface area (Å²) in [5, 5.41) is 1.21. The Kier molecular flexibility index (Phi) is 10.7. The molecule has 2 aromatic carbocycles. The summed E-state index contributed by atoms with van der Waals surface area (Å²) < 4.78 is 6.29. The van der Waals surface area contributed by atoms with Crippen LogP contribution in [0.4, 0.5) is 4.79 Å². The molecule has 0 N–H and O–H groups in total. The first-order chi connectivity index (χ1) is 24.3. The van der Waals surface area contributed by atoms with E-state index in [0.29, 0.717) is 66.5 Å². The van der Waals surface area contributed by atoms with Gasteiger partial charge in [-0.25, -0.2) is 4.79 Å². The lowest BCUT2D eigenvalue weighted by Gasteiger charge is -2.47. The Balaban J connectivity index is 1.44. The minimum atomic E-state index is -1.02. The van der Waals surface area contributed by atoms with Crippen molar-refractivity contribution < 1.29 is 14.3 Å². The van der Waals surface area contributed by atoms with E-state index in [9.17, 15) is 4.79 Å². The molecule has 1 unspecified atom stereocenters. The van der Waals surface area contributed by atoms with Crippen molar-refractivity contribution in [1.29, 1.82) is 0 Å². The maximum absolute atomic E-state index is 15.3. The number of piperidine rings is 1. The van der Waals surface area contributed by atoms with Crippen molar-refractivity contribution in [2.24, 2.45) is 4.99 Å². The molecule has 3 aliphatic heterocycles. The van der Waals surface area contributed by atoms with Crippen LogP contribution in [0.5, 0.6) is 5.75 Å². The molecular formula is C40H50Cl2N6O3. The zero-order chi connectivity index (χ0) is 36.6. The van der Waals surface area contributed by atoms with Crippen LogP contribution < -0.4 is 4.74 Å². The normalized spacial score (nSPS) is 23.0. The van der Waals surface area contributed by atoms with Crippen LogP contribution in [0.3, 0.4) is 0 Å². The van der Waals surface area contributed by atoms with Gasteiger partial charge in [-0.1, -0.05) is 68.2 Å². The second-order valence-electron chi connectivity index (χ2n) is 15.2. The van der Waals surface area contributed by atoms with Gasteiger partial charge in [0.15, 0.2) is 0 Å². The molecule has 3 aliphatic rings. The molecular weight excluding hydrogens is 683 g/mol. The summed E-state index contributed by atoms with van der Waals surface area (Å²) in [6.07, 6.45) is 5.11. The van der Waals surface area contributed by atoms with Crippen molar-refractivity contribution in [1.82, 2.24) is 24.6 Å². The average molecular weight is 734 g/mol. The van der Waals surface area contributed by atoms with Crippen LogP contribution in [0.25, 0.3) is 0 Å². The number of benzene rings is 2. The number of amidine groups is 1. The van der Waals surface area contributed by atoms with Gasteiger partial charge in [-0.05, 0) is 75.4 Å². The molecule has 0 aliphatic carbocycles. The van der Waals surface area contributed by atoms with E-state index >= 15 is 4.79 Å². The zero-order valence-electron chi connectivity index (χ0n) is 30.7. The van der Waals surface area contributed by atoms with E-state index in [1.807, 2.05) is 76.2 Å². The minimum Gasteiger partial charge on any atom is -0.493 e. The molecule has 2 saturated heterocycles. The van der Waals surface area contributed by atoms with Crippen LogP contribution in [0.15, 0.2) is 65.8 Å². The molecule has 1 aromatic heterocycles. The number of piperazine rings is 1. The number of carbonyl (C=O) groups excluding carboxylic acids is 2. The third kappa shape index (κ3) is 7.22. The number of amides is 3. The standard InChI is InChI=1S/C40H50Cl2N6O3/c1-7-51-33-25-34(38(2,3)4)43-26-32(33)36-44-39(5,28-11-15-30(41)16-12-28)40(6,29-13-17-31(42)18-14-29)48(36)37(50)47-23-21-45(22-24-47)27-35(49)46-19-9-8-10-20-46/h11-18,25-26H,7-10,19-24,27H2,1-6H3/t39-,40?/m0/s1. The highest BCUT2D eigenvalue weighted by Gasteiger charge is 2.60. The highest BCUT2D eigenvalue weighted by Crippen LogP contribution is 2.54. The maximum Gasteiger partial charge on any atom is 0.326 e. The number of nitrogens with zero attached hydrogens (tertiary/aromatic N) is 6. The number of carbonyl (C=O) groups is 2. The van der Waals surface area contributed by atoms with Crippen LogP contribution in [-0.4, -0.2) is 94.8 Å². The molecule has 4 heterocycles. The first kappa shape index (κ1) is 37.1. The first-order valence-corrected chi connectivity index (χ1v) is 18.9. The van der Waals surface area contributed by atoms with Crippen molar-refractivity contribution in [2.45, 2.75) is 77.3 Å². The largest absolute Gasteiger partial charge is 0.493 e. The lowest BCUT2D eigenvalue weighted by molar-refractivity contribution is -0.133. The van der Waals surface area contributed by atoms with Gasteiger partial charge in [-0.3, -0.25) is 24.6 Å². The number of halogens is 2. The van der Waals surface area contributed by atoms with Crippen molar-refractivity contribution in [3.63, 3.8) is 0 Å². The smallest absolute Gasteiger partial charge is 0.326 e. The topological polar surface area (TPSA) is 81.6 Å². The molecule has 3 aromatic rings. The third-order valence-electron chi connectivity index (χ3n) is 10.8. The number of rotatable bonds is 7. The Morgan fingerprint density at radius 3 is 1.98 bits per heavy atom. The SMILES string of the molecule is CCOc1cc(C(C)(C)C)ncc1C1=N[C@@](C)(c2ccc(Cl)cc2)C(C)(c2ccc(Cl)cc2)N1C(=O)N1CCN(CC(=O)N2CCCCC2)CC1. The van der Waals surface area contributed by atoms with E-state index in [4.69, 9.17) is 37.9 Å². The number of ether oxygens (including phenoxy) is 1. The van der Waals surface area contributed by atoms with Crippen molar-refractivity contribution in [2.75, 3.05) is 52.4 Å². The predicted octanol–water partition coefficient (Wildman–Crippen LogP) is 7.73. The molecule has 11 heteroatoms. The van der Waals surface area contributed by atoms with Crippen molar-refractivity contribution >= 4 is 41.0 Å². The molecule has 51 heavy (non-hydrogen) atoms. The van der Waals surface area contributed by atoms with E-state index in [1.54, 1.807) is 6.20 Å². The maximum atomic E-state index is 15.3. The molecule has 0 saturated carbocycles. The molecule has 2 atom stereocenters. The van der Waals surface area contributed by atoms with Gasteiger partial charge in [0.05, 0.1) is 18.7 Å². The van der Waals surface area contributed by atoms with E-state index in [-0.39, 0.29) is 17.4 Å². The van der Waals surface area contributed by atoms with E-state index < -0.39 is 11.1 Å². The summed E-state index contributed by atoms with van der Waals surface area (Å²) in [6, 6.07) is 17.1. The highest BCUT2D eigenvalue weighted by molar-refractivity contribution is 6.30. The number of urea groups is 1. The quantitative estimate of drug-likeness (QED) is 0.249. The van der Waals surface area contributed by atoms with E-state index in [2.05, 4.69) is 39.5 Å². The first-order valence-electron chi connectivity index (χ1n) is 18.1. The highest BCUT2D eigenvalue weighted by atomic mass is 35.5. The van der Waals surface area contributed by atoms with Gasteiger partial charge < -0.3 is 14.5 Å². The van der Waals surface area contributed by atoms with Gasteiger partial charge in [-0.2, -0.15) is 0 Å². The molecule has 3 amide bonds. The predicted molar refractivity (Wildman–Crippen MR) is 204 cm³/mol. The van der Waals surface area contributed by atoms with Gasteiger partial charge in [-0.15, -0.1) is 0 Å². The fourth-order valence-electron chi connectivity index (χ4n) is 7.53. The Labute approximate surface area is 312 Å². The Bertz CT molecular complexity index is 1760. The fraction of sp³-hybridized carbons (Fsp3) is 0.500. The Hall–Kier alpha value is -3.66. The van der Waals surface area contributed by atoms with Gasteiger partial charge in [0.2, 0.25) is 5.91 Å². The van der Waals surface area contributed by atoms with Crippen LogP contribution in [-0.2, 0) is 21.3 Å². The van der Waals surface area contributed by atoms with Gasteiger partial charge in [0, 0.05) is 72.7 Å². The van der Waals surface area contributed by atoms with Crippen LogP contribution in [0, 0.1) is 0 Å². The molecule has 0 radical (unpaired) electrons. The second kappa shape index (κ2) is 14.8. The molecule has 9 nitrogen and oxygen atoms in total. The lowest BCUT2D eigenvalue weighted by atomic mass is 9.71. The number of likely N-dealkylation sites (tertiary alicyclic amines) is 1. The van der Waals surface area contributed by atoms with Crippen LogP contribution >= 0.6 is 23.2 Å². The van der Waals surface area contributed by atoms with Gasteiger partial charge in [0.1, 0.15) is 22.7 Å². The lowest BCUT2D eigenvalue weighted by Crippen LogP contribution is -2.61. The number of pyridine rings is 1. The number of aromatic nitrogens is 1. The molecule has 272 valence electrons. The Morgan fingerprint density at radius 1 is 0.824 bits per heavy atom. The fourth-order valence-corrected chi connectivity index (χ4v) is 7.78. The number of aliphatic imine (C=N–C) groups is 1. The molecule has 2 fully saturated rings. The Morgan fingerprint density at radius 2 is 1.41 bits per heavy atom. The number of hydrogen-bond donors (Lipinski definition) is 0. The summed E-state index contributed by atoms with van der Waals surface area (Å²) in [5.74, 6) is 1.27. The molecule has 0 spiro atoms. The summed E-state index contributed by atoms with van der Waals surface area (Å²) in [5.41, 5.74) is 1.08.